The molecule has 0 N–H and O–H groups in total. The average molecular weight is 310 g/mol. The van der Waals surface area contributed by atoms with Gasteiger partial charge in [0, 0.05) is 41.5 Å². The predicted molar refractivity (Wildman–Crippen MR) is 93.9 cm³/mol. The molecule has 3 heterocycles. The molecule has 4 aromatic rings. The van der Waals surface area contributed by atoms with Crippen LogP contribution in [-0.2, 0) is 0 Å². The Morgan fingerprint density at radius 1 is 0.500 bits per heavy atom. The van der Waals surface area contributed by atoms with Crippen LogP contribution in [0.15, 0.2) is 85.5 Å². The Hall–Kier alpha value is -3.40. The number of aromatic nitrogens is 4. The molecule has 0 bridgehead atoms. The van der Waals surface area contributed by atoms with Crippen LogP contribution in [0.3, 0.4) is 0 Å². The van der Waals surface area contributed by atoms with Gasteiger partial charge in [-0.15, -0.1) is 0 Å². The van der Waals surface area contributed by atoms with Gasteiger partial charge < -0.3 is 0 Å². The van der Waals surface area contributed by atoms with E-state index in [4.69, 9.17) is 9.97 Å². The summed E-state index contributed by atoms with van der Waals surface area (Å²) < 4.78 is 0. The highest BCUT2D eigenvalue weighted by Gasteiger charge is 2.10. The molecule has 0 aliphatic heterocycles. The van der Waals surface area contributed by atoms with Gasteiger partial charge in [-0.05, 0) is 30.3 Å². The lowest BCUT2D eigenvalue weighted by Crippen LogP contribution is -1.96. The first-order chi connectivity index (χ1) is 11.9. The summed E-state index contributed by atoms with van der Waals surface area (Å²) in [7, 11) is 0. The molecule has 0 aliphatic carbocycles. The molecule has 0 amide bonds. The molecule has 24 heavy (non-hydrogen) atoms. The quantitative estimate of drug-likeness (QED) is 0.567. The van der Waals surface area contributed by atoms with E-state index in [2.05, 4.69) is 22.1 Å². The largest absolute Gasteiger partial charge is 0.265 e. The van der Waals surface area contributed by atoms with E-state index in [1.165, 1.54) is 0 Å². The highest BCUT2D eigenvalue weighted by atomic mass is 14.9. The SMILES string of the molecule is c1ccc(-c2cc(-c3ccncc3)nc(-c3ccncc3)n2)cc1. The van der Waals surface area contributed by atoms with Crippen LogP contribution in [0.5, 0.6) is 0 Å². The first-order valence-corrected chi connectivity index (χ1v) is 7.65. The second-order valence-electron chi connectivity index (χ2n) is 5.30. The van der Waals surface area contributed by atoms with Crippen LogP contribution in [0, 0.1) is 0 Å². The fraction of sp³-hybridized carbons (Fsp3) is 0. The van der Waals surface area contributed by atoms with Crippen LogP contribution in [0.1, 0.15) is 0 Å². The van der Waals surface area contributed by atoms with Crippen molar-refractivity contribution >= 4 is 0 Å². The molecule has 0 spiro atoms. The monoisotopic (exact) mass is 310 g/mol. The number of nitrogens with zero attached hydrogens (tertiary/aromatic N) is 4. The molecular formula is C20H14N4. The van der Waals surface area contributed by atoms with Gasteiger partial charge in [0.1, 0.15) is 0 Å². The zero-order chi connectivity index (χ0) is 16.2. The summed E-state index contributed by atoms with van der Waals surface area (Å²) in [6, 6.07) is 19.9. The predicted octanol–water partition coefficient (Wildman–Crippen LogP) is 4.27. The fourth-order valence-corrected chi connectivity index (χ4v) is 2.50. The Bertz CT molecular complexity index is 799. The van der Waals surface area contributed by atoms with Crippen molar-refractivity contribution in [3.63, 3.8) is 0 Å². The second-order valence-corrected chi connectivity index (χ2v) is 5.30. The van der Waals surface area contributed by atoms with Crippen LogP contribution in [-0.4, -0.2) is 19.9 Å². The molecule has 1 aromatic carbocycles. The van der Waals surface area contributed by atoms with Crippen molar-refractivity contribution in [3.8, 4) is 33.9 Å². The molecule has 0 aliphatic rings. The molecule has 4 rings (SSSR count). The highest BCUT2D eigenvalue weighted by molar-refractivity contribution is 5.71. The van der Waals surface area contributed by atoms with Gasteiger partial charge in [0.2, 0.25) is 0 Å². The number of hydrogen-bond donors (Lipinski definition) is 0. The molecule has 4 nitrogen and oxygen atoms in total. The van der Waals surface area contributed by atoms with Crippen LogP contribution >= 0.6 is 0 Å². The van der Waals surface area contributed by atoms with Crippen LogP contribution < -0.4 is 0 Å². The van der Waals surface area contributed by atoms with Crippen molar-refractivity contribution in [2.75, 3.05) is 0 Å². The molecule has 0 fully saturated rings. The molecule has 0 saturated heterocycles. The summed E-state index contributed by atoms with van der Waals surface area (Å²) in [5.74, 6) is 0.686. The smallest absolute Gasteiger partial charge is 0.160 e. The Morgan fingerprint density at radius 2 is 1.00 bits per heavy atom. The molecule has 0 unspecified atom stereocenters. The Morgan fingerprint density at radius 3 is 1.58 bits per heavy atom. The van der Waals surface area contributed by atoms with E-state index < -0.39 is 0 Å². The van der Waals surface area contributed by atoms with Crippen LogP contribution in [0.25, 0.3) is 33.9 Å². The van der Waals surface area contributed by atoms with Crippen molar-refractivity contribution in [2.45, 2.75) is 0 Å². The average Bonchev–Trinajstić information content (AvgIpc) is 2.70. The maximum atomic E-state index is 4.74. The van der Waals surface area contributed by atoms with Gasteiger partial charge in [-0.3, -0.25) is 9.97 Å². The topological polar surface area (TPSA) is 51.6 Å². The summed E-state index contributed by atoms with van der Waals surface area (Å²) in [5.41, 5.74) is 4.78. The van der Waals surface area contributed by atoms with E-state index in [-0.39, 0.29) is 0 Å². The molecular weight excluding hydrogens is 296 g/mol. The first kappa shape index (κ1) is 14.2. The first-order valence-electron chi connectivity index (χ1n) is 7.65. The Kier molecular flexibility index (Phi) is 3.78. The van der Waals surface area contributed by atoms with Crippen LogP contribution in [0.2, 0.25) is 0 Å². The normalized spacial score (nSPS) is 10.5. The fourth-order valence-electron chi connectivity index (χ4n) is 2.50. The van der Waals surface area contributed by atoms with Gasteiger partial charge in [0.15, 0.2) is 5.82 Å². The highest BCUT2D eigenvalue weighted by Crippen LogP contribution is 2.26. The minimum atomic E-state index is 0.686. The maximum absolute atomic E-state index is 4.74. The number of hydrogen-bond acceptors (Lipinski definition) is 4. The van der Waals surface area contributed by atoms with Gasteiger partial charge in [0.05, 0.1) is 11.4 Å². The number of rotatable bonds is 3. The third kappa shape index (κ3) is 2.90. The lowest BCUT2D eigenvalue weighted by molar-refractivity contribution is 1.17. The molecule has 0 atom stereocenters. The van der Waals surface area contributed by atoms with Crippen molar-refractivity contribution in [1.29, 1.82) is 0 Å². The van der Waals surface area contributed by atoms with Gasteiger partial charge in [-0.2, -0.15) is 0 Å². The van der Waals surface area contributed by atoms with E-state index in [1.807, 2.05) is 48.5 Å². The summed E-state index contributed by atoms with van der Waals surface area (Å²) in [6.07, 6.45) is 7.04. The van der Waals surface area contributed by atoms with Crippen LogP contribution in [0.4, 0.5) is 0 Å². The second kappa shape index (κ2) is 6.38. The Balaban J connectivity index is 1.92. The van der Waals surface area contributed by atoms with E-state index in [0.717, 1.165) is 28.1 Å². The lowest BCUT2D eigenvalue weighted by Gasteiger charge is -2.09. The van der Waals surface area contributed by atoms with Crippen molar-refractivity contribution in [2.24, 2.45) is 0 Å². The van der Waals surface area contributed by atoms with Crippen molar-refractivity contribution < 1.29 is 0 Å². The van der Waals surface area contributed by atoms with Gasteiger partial charge in [0.25, 0.3) is 0 Å². The molecule has 0 saturated carbocycles. The summed E-state index contributed by atoms with van der Waals surface area (Å²) in [4.78, 5) is 17.6. The standard InChI is InChI=1S/C20H14N4/c1-2-4-15(5-3-1)18-14-19(16-6-10-21-11-7-16)24-20(23-18)17-8-12-22-13-9-17/h1-14H. The summed E-state index contributed by atoms with van der Waals surface area (Å²) in [6.45, 7) is 0. The number of pyridine rings is 2. The van der Waals surface area contributed by atoms with E-state index in [9.17, 15) is 0 Å². The number of benzene rings is 1. The van der Waals surface area contributed by atoms with E-state index in [0.29, 0.717) is 5.82 Å². The van der Waals surface area contributed by atoms with E-state index in [1.54, 1.807) is 24.8 Å². The molecule has 114 valence electrons. The molecule has 0 radical (unpaired) electrons. The summed E-state index contributed by atoms with van der Waals surface area (Å²) >= 11 is 0. The van der Waals surface area contributed by atoms with Gasteiger partial charge in [-0.25, -0.2) is 9.97 Å². The minimum absolute atomic E-state index is 0.686. The van der Waals surface area contributed by atoms with Crippen molar-refractivity contribution in [3.05, 3.63) is 85.5 Å². The zero-order valence-corrected chi connectivity index (χ0v) is 12.9. The third-order valence-corrected chi connectivity index (χ3v) is 3.71. The molecule has 4 heteroatoms. The molecule has 3 aromatic heterocycles. The lowest BCUT2D eigenvalue weighted by atomic mass is 10.1. The maximum Gasteiger partial charge on any atom is 0.160 e. The zero-order valence-electron chi connectivity index (χ0n) is 12.9. The minimum Gasteiger partial charge on any atom is -0.265 e. The third-order valence-electron chi connectivity index (χ3n) is 3.71. The van der Waals surface area contributed by atoms with Gasteiger partial charge in [-0.1, -0.05) is 30.3 Å². The van der Waals surface area contributed by atoms with Gasteiger partial charge >= 0.3 is 0 Å². The van der Waals surface area contributed by atoms with E-state index >= 15 is 0 Å². The van der Waals surface area contributed by atoms with Crippen molar-refractivity contribution in [1.82, 2.24) is 19.9 Å². The Labute approximate surface area is 139 Å². The summed E-state index contributed by atoms with van der Waals surface area (Å²) in [5, 5.41) is 0.